The molecule has 6 heteroatoms. The van der Waals surface area contributed by atoms with Crippen molar-refractivity contribution in [1.29, 1.82) is 0 Å². The van der Waals surface area contributed by atoms with Crippen LogP contribution in [0.1, 0.15) is 19.3 Å². The van der Waals surface area contributed by atoms with Gasteiger partial charge in [-0.25, -0.2) is 0 Å². The molecule has 0 amide bonds. The fourth-order valence-electron chi connectivity index (χ4n) is 3.61. The molecular formula is C13H26B2O4. The van der Waals surface area contributed by atoms with Gasteiger partial charge in [0.15, 0.2) is 0 Å². The monoisotopic (exact) mass is 268 g/mol. The van der Waals surface area contributed by atoms with Crippen molar-refractivity contribution in [2.75, 3.05) is 13.2 Å². The van der Waals surface area contributed by atoms with Gasteiger partial charge in [0.1, 0.15) is 41.1 Å². The minimum Gasteiger partial charge on any atom is -0.580 e. The van der Waals surface area contributed by atoms with Crippen molar-refractivity contribution in [3.05, 3.63) is 14.2 Å². The van der Waals surface area contributed by atoms with Crippen LogP contribution >= 0.6 is 0 Å². The molecule has 108 valence electrons. The molecule has 4 nitrogen and oxygen atoms in total. The lowest BCUT2D eigenvalue weighted by molar-refractivity contribution is -0.0628. The first-order valence-electron chi connectivity index (χ1n) is 7.30. The van der Waals surface area contributed by atoms with Crippen molar-refractivity contribution < 1.29 is 18.9 Å². The second-order valence-electron chi connectivity index (χ2n) is 6.01. The molecule has 0 aliphatic carbocycles. The van der Waals surface area contributed by atoms with E-state index in [9.17, 15) is 0 Å². The third-order valence-electron chi connectivity index (χ3n) is 4.36. The van der Waals surface area contributed by atoms with E-state index in [0.717, 1.165) is 19.3 Å². The van der Waals surface area contributed by atoms with Gasteiger partial charge in [0.2, 0.25) is 0 Å². The van der Waals surface area contributed by atoms with Crippen molar-refractivity contribution >= 4 is 15.7 Å². The maximum atomic E-state index is 5.94. The highest BCUT2D eigenvalue weighted by molar-refractivity contribution is 6.11. The van der Waals surface area contributed by atoms with Gasteiger partial charge in [-0.15, -0.1) is 0 Å². The van der Waals surface area contributed by atoms with E-state index in [1.165, 1.54) is 0 Å². The highest BCUT2D eigenvalue weighted by atomic mass is 16.5. The zero-order chi connectivity index (χ0) is 13.8. The van der Waals surface area contributed by atoms with Crippen LogP contribution in [0.3, 0.4) is 0 Å². The molecule has 2 rings (SSSR count). The summed E-state index contributed by atoms with van der Waals surface area (Å²) in [6, 6.07) is 0.681. The van der Waals surface area contributed by atoms with Gasteiger partial charge in [0.25, 0.3) is 0 Å². The Balaban J connectivity index is 1.91. The average molecular weight is 268 g/mol. The van der Waals surface area contributed by atoms with Crippen LogP contribution in [0, 0.1) is 26.1 Å². The van der Waals surface area contributed by atoms with Crippen LogP contribution in [0.4, 0.5) is 0 Å². The van der Waals surface area contributed by atoms with Gasteiger partial charge < -0.3 is 18.9 Å². The Morgan fingerprint density at radius 2 is 1.32 bits per heavy atom. The lowest BCUT2D eigenvalue weighted by Gasteiger charge is -2.23. The van der Waals surface area contributed by atoms with Crippen LogP contribution in [0.25, 0.3) is 0 Å². The minimum atomic E-state index is 0.237. The normalized spacial score (nSPS) is 42.8. The Morgan fingerprint density at radius 1 is 0.895 bits per heavy atom. The average Bonchev–Trinajstić information content (AvgIpc) is 2.85. The van der Waals surface area contributed by atoms with Crippen LogP contribution in [0.5, 0.6) is 0 Å². The predicted octanol–water partition coefficient (Wildman–Crippen LogP) is -1.26. The Hall–Kier alpha value is -0.0301. The third kappa shape index (κ3) is 3.97. The number of hydrogen-bond acceptors (Lipinski definition) is 2. The van der Waals surface area contributed by atoms with E-state index >= 15 is 0 Å². The van der Waals surface area contributed by atoms with Gasteiger partial charge in [-0.3, -0.25) is 0 Å². The van der Waals surface area contributed by atoms with E-state index in [1.54, 1.807) is 0 Å². The van der Waals surface area contributed by atoms with Gasteiger partial charge >= 0.3 is 0 Å². The third-order valence-corrected chi connectivity index (χ3v) is 4.36. The van der Waals surface area contributed by atoms with Crippen LogP contribution in [0.15, 0.2) is 0 Å². The Labute approximate surface area is 118 Å². The molecule has 6 unspecified atom stereocenters. The van der Waals surface area contributed by atoms with Crippen molar-refractivity contribution in [1.82, 2.24) is 0 Å². The quantitative estimate of drug-likeness (QED) is 0.343. The molecule has 0 saturated carbocycles. The molecule has 0 spiro atoms. The molecule has 0 aromatic rings. The first kappa shape index (κ1) is 15.4. The summed E-state index contributed by atoms with van der Waals surface area (Å²) in [5.41, 5.74) is 0. The van der Waals surface area contributed by atoms with Crippen molar-refractivity contribution in [2.24, 2.45) is 11.8 Å². The fourth-order valence-corrected chi connectivity index (χ4v) is 3.61. The second-order valence-corrected chi connectivity index (χ2v) is 6.01. The lowest BCUT2D eigenvalue weighted by Crippen LogP contribution is -2.29. The summed E-state index contributed by atoms with van der Waals surface area (Å²) in [7, 11) is 11.5. The molecule has 2 saturated heterocycles. The summed E-state index contributed by atoms with van der Waals surface area (Å²) in [4.78, 5) is 0. The van der Waals surface area contributed by atoms with Gasteiger partial charge in [0, 0.05) is 12.0 Å². The molecule has 2 aliphatic heterocycles. The maximum absolute atomic E-state index is 5.94. The summed E-state index contributed by atoms with van der Waals surface area (Å²) in [6.07, 6.45) is 3.87. The molecule has 0 bridgehead atoms. The summed E-state index contributed by atoms with van der Waals surface area (Å²) in [5, 5.41) is 0. The van der Waals surface area contributed by atoms with E-state index in [1.807, 2.05) is 0 Å². The molecule has 2 fully saturated rings. The first-order chi connectivity index (χ1) is 9.13. The Kier molecular flexibility index (Phi) is 5.75. The summed E-state index contributed by atoms with van der Waals surface area (Å²) in [5.74, 6) is 1.15. The van der Waals surface area contributed by atoms with E-state index < -0.39 is 0 Å². The number of hydrogen-bond donors (Lipinski definition) is 0. The van der Waals surface area contributed by atoms with Crippen LogP contribution in [-0.2, 0) is 9.47 Å². The van der Waals surface area contributed by atoms with Crippen LogP contribution in [-0.4, -0.2) is 62.6 Å². The largest absolute Gasteiger partial charge is 0.580 e. The van der Waals surface area contributed by atoms with E-state index in [2.05, 4.69) is 39.4 Å². The molecule has 2 N–H and O–H groups in total. The molecular weight excluding hydrogens is 242 g/mol. The van der Waals surface area contributed by atoms with Gasteiger partial charge in [-0.1, -0.05) is 14.2 Å². The molecule has 19 heavy (non-hydrogen) atoms. The molecule has 2 heterocycles. The van der Waals surface area contributed by atoms with Crippen molar-refractivity contribution in [3.63, 3.8) is 0 Å². The maximum Gasteiger partial charge on any atom is 0.146 e. The lowest BCUT2D eigenvalue weighted by atomic mass is 9.80. The molecule has 0 aromatic heterocycles. The SMILES string of the molecule is BC1CC(CC2CC(B)OC2C[OH+][CH2-])C(C[OH+][CH2-])O1. The second kappa shape index (κ2) is 7.11. The topological polar surface area (TPSA) is 44.1 Å². The minimum absolute atomic E-state index is 0.237. The zero-order valence-electron chi connectivity index (χ0n) is 12.1. The van der Waals surface area contributed by atoms with Crippen LogP contribution < -0.4 is 0 Å². The summed E-state index contributed by atoms with van der Waals surface area (Å²) >= 11 is 0. The molecule has 2 aliphatic rings. The Bertz CT molecular complexity index is 253. The summed E-state index contributed by atoms with van der Waals surface area (Å²) in [6.45, 7) is 1.42. The molecule has 0 radical (unpaired) electrons. The van der Waals surface area contributed by atoms with Crippen molar-refractivity contribution in [2.45, 2.75) is 43.5 Å². The van der Waals surface area contributed by atoms with E-state index in [0.29, 0.717) is 37.1 Å². The fraction of sp³-hybridized carbons (Fsp3) is 0.846. The van der Waals surface area contributed by atoms with Crippen LogP contribution in [0.2, 0.25) is 0 Å². The number of ether oxygens (including phenoxy) is 4. The van der Waals surface area contributed by atoms with Gasteiger partial charge in [-0.05, 0) is 31.1 Å². The van der Waals surface area contributed by atoms with Gasteiger partial charge in [-0.2, -0.15) is 0 Å². The van der Waals surface area contributed by atoms with E-state index in [4.69, 9.17) is 9.47 Å². The predicted molar refractivity (Wildman–Crippen MR) is 80.1 cm³/mol. The smallest absolute Gasteiger partial charge is 0.146 e. The standard InChI is InChI=1S/C13H26B2O4/c1-16-6-10-8(4-12(14)18-10)3-9-5-13(15)19-11(9)7-17-2/h8-13,16-17H,1-7,14-15H2. The first-order valence-corrected chi connectivity index (χ1v) is 7.30. The Morgan fingerprint density at radius 3 is 1.68 bits per heavy atom. The zero-order valence-corrected chi connectivity index (χ0v) is 12.1. The highest BCUT2D eigenvalue weighted by Gasteiger charge is 2.40. The van der Waals surface area contributed by atoms with Crippen molar-refractivity contribution in [3.8, 4) is 0 Å². The summed E-state index contributed by atoms with van der Waals surface area (Å²) < 4.78 is 19.9. The van der Waals surface area contributed by atoms with E-state index in [-0.39, 0.29) is 12.2 Å². The highest BCUT2D eigenvalue weighted by Crippen LogP contribution is 2.37. The van der Waals surface area contributed by atoms with Gasteiger partial charge in [0.05, 0.1) is 0 Å². The number of rotatable bonds is 6. The number of aliphatic hydroxyl groups is 4. The molecule has 6 atom stereocenters. The molecule has 0 aromatic carbocycles.